The number of nitrogens with one attached hydrogen (secondary N) is 1. The van der Waals surface area contributed by atoms with Crippen LogP contribution < -0.4 is 5.32 Å². The molecule has 2 aromatic rings. The first-order valence-corrected chi connectivity index (χ1v) is 7.60. The molecule has 5 nitrogen and oxygen atoms in total. The van der Waals surface area contributed by atoms with E-state index in [-0.39, 0.29) is 24.3 Å². The number of carbonyl (C=O) groups is 2. The summed E-state index contributed by atoms with van der Waals surface area (Å²) in [5.74, 6) is -0.695. The van der Waals surface area contributed by atoms with E-state index >= 15 is 0 Å². The monoisotopic (exact) mass is 301 g/mol. The fourth-order valence-corrected chi connectivity index (χ4v) is 2.91. The first-order chi connectivity index (χ1) is 10.6. The van der Waals surface area contributed by atoms with Gasteiger partial charge in [-0.05, 0) is 25.8 Å². The van der Waals surface area contributed by atoms with Crippen molar-refractivity contribution in [3.05, 3.63) is 35.6 Å². The minimum Gasteiger partial charge on any atom is -0.450 e. The molecule has 1 aromatic heterocycles. The number of amides is 1. The standard InChI is InChI=1S/C17H19NO4/c1-11-13-8-4-5-9-14(13)22-16(11)17(20)21-10-15(19)18-12-6-2-3-7-12/h4-5,8-9,12H,2-3,6-7,10H2,1H3,(H,18,19). The third kappa shape index (κ3) is 2.98. The van der Waals surface area contributed by atoms with Crippen molar-refractivity contribution in [1.82, 2.24) is 5.32 Å². The van der Waals surface area contributed by atoms with Gasteiger partial charge in [-0.1, -0.05) is 31.0 Å². The maximum atomic E-state index is 12.1. The lowest BCUT2D eigenvalue weighted by Crippen LogP contribution is -2.35. The van der Waals surface area contributed by atoms with Gasteiger partial charge in [0.1, 0.15) is 5.58 Å². The minimum atomic E-state index is -0.602. The molecule has 1 N–H and O–H groups in total. The Morgan fingerprint density at radius 3 is 2.73 bits per heavy atom. The second kappa shape index (κ2) is 6.22. The van der Waals surface area contributed by atoms with Crippen molar-refractivity contribution in [2.24, 2.45) is 0 Å². The lowest BCUT2D eigenvalue weighted by Gasteiger charge is -2.11. The Balaban J connectivity index is 1.61. The normalized spacial score (nSPS) is 15.1. The summed E-state index contributed by atoms with van der Waals surface area (Å²) in [5.41, 5.74) is 1.37. The molecule has 5 heteroatoms. The minimum absolute atomic E-state index is 0.162. The Morgan fingerprint density at radius 1 is 1.27 bits per heavy atom. The quantitative estimate of drug-likeness (QED) is 0.882. The molecule has 1 fully saturated rings. The predicted octanol–water partition coefficient (Wildman–Crippen LogP) is 2.96. The highest BCUT2D eigenvalue weighted by atomic mass is 16.5. The second-order valence-electron chi connectivity index (χ2n) is 5.68. The first-order valence-electron chi connectivity index (χ1n) is 7.60. The fraction of sp³-hybridized carbons (Fsp3) is 0.412. The zero-order chi connectivity index (χ0) is 15.5. The molecule has 0 radical (unpaired) electrons. The average molecular weight is 301 g/mol. The Kier molecular flexibility index (Phi) is 4.13. The highest BCUT2D eigenvalue weighted by molar-refractivity contribution is 5.96. The number of furan rings is 1. The number of benzene rings is 1. The number of carbonyl (C=O) groups excluding carboxylic acids is 2. The van der Waals surface area contributed by atoms with Gasteiger partial charge < -0.3 is 14.5 Å². The molecule has 1 aromatic carbocycles. The summed E-state index contributed by atoms with van der Waals surface area (Å²) in [6.07, 6.45) is 4.29. The number of ether oxygens (including phenoxy) is 1. The Hall–Kier alpha value is -2.30. The van der Waals surface area contributed by atoms with E-state index in [0.29, 0.717) is 5.58 Å². The van der Waals surface area contributed by atoms with Crippen molar-refractivity contribution in [3.8, 4) is 0 Å². The van der Waals surface area contributed by atoms with Crippen molar-refractivity contribution in [1.29, 1.82) is 0 Å². The molecule has 1 aliphatic carbocycles. The number of rotatable bonds is 4. The van der Waals surface area contributed by atoms with E-state index < -0.39 is 5.97 Å². The molecule has 0 aliphatic heterocycles. The Labute approximate surface area is 128 Å². The summed E-state index contributed by atoms with van der Waals surface area (Å²) in [7, 11) is 0. The van der Waals surface area contributed by atoms with Crippen LogP contribution in [0.4, 0.5) is 0 Å². The van der Waals surface area contributed by atoms with Gasteiger partial charge in [-0.2, -0.15) is 0 Å². The van der Waals surface area contributed by atoms with Gasteiger partial charge in [0.15, 0.2) is 6.61 Å². The molecule has 22 heavy (non-hydrogen) atoms. The van der Waals surface area contributed by atoms with Crippen LogP contribution in [0.1, 0.15) is 41.8 Å². The lowest BCUT2D eigenvalue weighted by atomic mass is 10.1. The van der Waals surface area contributed by atoms with Crippen LogP contribution in [0.5, 0.6) is 0 Å². The number of fused-ring (bicyclic) bond motifs is 1. The van der Waals surface area contributed by atoms with E-state index in [9.17, 15) is 9.59 Å². The molecule has 1 saturated carbocycles. The van der Waals surface area contributed by atoms with Crippen molar-refractivity contribution >= 4 is 22.8 Å². The third-order valence-corrected chi connectivity index (χ3v) is 4.08. The number of aryl methyl sites for hydroxylation is 1. The van der Waals surface area contributed by atoms with Crippen molar-refractivity contribution in [2.75, 3.05) is 6.61 Å². The number of esters is 1. The highest BCUT2D eigenvalue weighted by Crippen LogP contribution is 2.25. The molecular formula is C17H19NO4. The molecule has 0 atom stereocenters. The fourth-order valence-electron chi connectivity index (χ4n) is 2.91. The van der Waals surface area contributed by atoms with Crippen molar-refractivity contribution in [3.63, 3.8) is 0 Å². The highest BCUT2D eigenvalue weighted by Gasteiger charge is 2.21. The predicted molar refractivity (Wildman–Crippen MR) is 81.6 cm³/mol. The summed E-state index contributed by atoms with van der Waals surface area (Å²) >= 11 is 0. The summed E-state index contributed by atoms with van der Waals surface area (Å²) in [6, 6.07) is 7.63. The van der Waals surface area contributed by atoms with Crippen LogP contribution in [0.25, 0.3) is 11.0 Å². The van der Waals surface area contributed by atoms with Gasteiger partial charge in [-0.15, -0.1) is 0 Å². The zero-order valence-corrected chi connectivity index (χ0v) is 12.6. The SMILES string of the molecule is Cc1c(C(=O)OCC(=O)NC2CCCC2)oc2ccccc12. The molecule has 1 heterocycles. The van der Waals surface area contributed by atoms with Crippen molar-refractivity contribution < 1.29 is 18.7 Å². The summed E-state index contributed by atoms with van der Waals surface area (Å²) in [6.45, 7) is 1.53. The number of para-hydroxylation sites is 1. The third-order valence-electron chi connectivity index (χ3n) is 4.08. The topological polar surface area (TPSA) is 68.5 Å². The molecule has 3 rings (SSSR count). The second-order valence-corrected chi connectivity index (χ2v) is 5.68. The van der Waals surface area contributed by atoms with E-state index in [1.807, 2.05) is 18.2 Å². The molecule has 0 spiro atoms. The lowest BCUT2D eigenvalue weighted by molar-refractivity contribution is -0.124. The largest absolute Gasteiger partial charge is 0.450 e. The zero-order valence-electron chi connectivity index (χ0n) is 12.6. The van der Waals surface area contributed by atoms with Gasteiger partial charge >= 0.3 is 5.97 Å². The van der Waals surface area contributed by atoms with Gasteiger partial charge in [0.2, 0.25) is 5.76 Å². The van der Waals surface area contributed by atoms with E-state index in [2.05, 4.69) is 5.32 Å². The molecule has 116 valence electrons. The van der Waals surface area contributed by atoms with E-state index in [1.54, 1.807) is 13.0 Å². The molecule has 0 bridgehead atoms. The van der Waals surface area contributed by atoms with Crippen LogP contribution in [0.3, 0.4) is 0 Å². The molecule has 1 aliphatic rings. The van der Waals surface area contributed by atoms with Gasteiger partial charge in [0.05, 0.1) is 0 Å². The maximum absolute atomic E-state index is 12.1. The maximum Gasteiger partial charge on any atom is 0.375 e. The summed E-state index contributed by atoms with van der Waals surface area (Å²) in [4.78, 5) is 23.9. The number of hydrogen-bond donors (Lipinski definition) is 1. The van der Waals surface area contributed by atoms with Crippen molar-refractivity contribution in [2.45, 2.75) is 38.6 Å². The van der Waals surface area contributed by atoms with E-state index in [1.165, 1.54) is 0 Å². The van der Waals surface area contributed by atoms with Gasteiger partial charge in [0.25, 0.3) is 5.91 Å². The van der Waals surface area contributed by atoms with Crippen LogP contribution in [-0.2, 0) is 9.53 Å². The summed E-state index contributed by atoms with van der Waals surface area (Å²) in [5, 5.41) is 3.76. The van der Waals surface area contributed by atoms with E-state index in [4.69, 9.17) is 9.15 Å². The Morgan fingerprint density at radius 2 is 2.00 bits per heavy atom. The smallest absolute Gasteiger partial charge is 0.375 e. The van der Waals surface area contributed by atoms with E-state index in [0.717, 1.165) is 36.6 Å². The first kappa shape index (κ1) is 14.6. The van der Waals surface area contributed by atoms with Crippen LogP contribution >= 0.6 is 0 Å². The van der Waals surface area contributed by atoms with Gasteiger partial charge in [0, 0.05) is 17.0 Å². The Bertz CT molecular complexity index is 698. The van der Waals surface area contributed by atoms with Crippen LogP contribution in [0, 0.1) is 6.92 Å². The van der Waals surface area contributed by atoms with Crippen LogP contribution in [0.2, 0.25) is 0 Å². The molecular weight excluding hydrogens is 282 g/mol. The van der Waals surface area contributed by atoms with Crippen LogP contribution in [-0.4, -0.2) is 24.5 Å². The van der Waals surface area contributed by atoms with Gasteiger partial charge in [-0.3, -0.25) is 4.79 Å². The van der Waals surface area contributed by atoms with Crippen LogP contribution in [0.15, 0.2) is 28.7 Å². The molecule has 0 saturated heterocycles. The average Bonchev–Trinajstić information content (AvgIpc) is 3.13. The molecule has 1 amide bonds. The van der Waals surface area contributed by atoms with Gasteiger partial charge in [-0.25, -0.2) is 4.79 Å². The summed E-state index contributed by atoms with van der Waals surface area (Å²) < 4.78 is 10.6. The number of hydrogen-bond acceptors (Lipinski definition) is 4. The molecule has 0 unspecified atom stereocenters.